The van der Waals surface area contributed by atoms with E-state index < -0.39 is 272 Å². The summed E-state index contributed by atoms with van der Waals surface area (Å²) in [5.41, 5.74) is 33.8. The Hall–Kier alpha value is -11.7. The van der Waals surface area contributed by atoms with Crippen LogP contribution >= 0.6 is 0 Å². The van der Waals surface area contributed by atoms with Crippen molar-refractivity contribution in [2.24, 2.45) is 52.2 Å². The maximum absolute atomic E-state index is 14.8. The molecule has 0 aromatic carbocycles. The number of aliphatic carboxylic acids is 3. The van der Waals surface area contributed by atoms with E-state index >= 15 is 0 Å². The van der Waals surface area contributed by atoms with Crippen LogP contribution in [0.1, 0.15) is 222 Å². The van der Waals surface area contributed by atoms with Crippen molar-refractivity contribution in [3.8, 4) is 0 Å². The number of hydrogen-bond acceptors (Lipinski definition) is 25. The molecule has 33 N–H and O–H groups in total. The highest BCUT2D eigenvalue weighted by Crippen LogP contribution is 2.28. The number of carbonyl (C=O) groups excluding carboxylic acids is 16. The van der Waals surface area contributed by atoms with Gasteiger partial charge in [-0.05, 0) is 192 Å². The SMILES string of the molecule is CC(C)C[C@H](NC(=O)[C@H](CCC(=O)O)NC(=O)[C@H](CCC(N)=O)NC(=O)[C@H](CC(C)C)NC(=O)[C@H](CCCNC(=N)N)NC(=O)[C@H](CCC(=O)O)NC(=O)[C@H](CC(C)C)NC(=O)[C@@H](NC(=O)[C@H](CCCNC(=N)N)NC(=O)[C@H](CCCCN)NC(=O)[C@H](CCCCN)NC(=O)[C@H](CCC(N)=O)NC(=O)[C@@H]1CCCN1C(=O)[C@@H]1CCCN1C(=O)[C@@H]1CCCN1)[C@@H](C)O)C(=O)O. The molecule has 0 radical (unpaired) electrons. The Balaban J connectivity index is 2.00. The van der Waals surface area contributed by atoms with Crippen molar-refractivity contribution in [1.82, 2.24) is 89.6 Å². The summed E-state index contributed by atoms with van der Waals surface area (Å²) in [5, 5.41) is 94.2. The van der Waals surface area contributed by atoms with E-state index in [1.807, 2.05) is 0 Å². The van der Waals surface area contributed by atoms with Crippen molar-refractivity contribution in [3.05, 3.63) is 0 Å². The molecule has 0 unspecified atom stereocenters. The highest BCUT2D eigenvalue weighted by atomic mass is 16.4. The van der Waals surface area contributed by atoms with E-state index in [2.05, 4.69) is 79.8 Å². The van der Waals surface area contributed by atoms with Gasteiger partial charge in [-0.2, -0.15) is 0 Å². The van der Waals surface area contributed by atoms with Crippen molar-refractivity contribution < 1.29 is 112 Å². The average Bonchev–Trinajstić information content (AvgIpc) is 1.66. The third-order valence-corrected chi connectivity index (χ3v) is 21.7. The number of guanidine groups is 2. The number of primary amides is 2. The van der Waals surface area contributed by atoms with Gasteiger partial charge in [-0.1, -0.05) is 41.5 Å². The number of nitrogens with zero attached hydrogens (tertiary/aromatic N) is 2. The molecule has 0 aromatic heterocycles. The summed E-state index contributed by atoms with van der Waals surface area (Å²) in [4.78, 5) is 265. The van der Waals surface area contributed by atoms with E-state index in [-0.39, 0.29) is 128 Å². The fraction of sp³-hybridized carbons (Fsp3) is 0.741. The summed E-state index contributed by atoms with van der Waals surface area (Å²) in [6.07, 6.45) is -3.81. The van der Waals surface area contributed by atoms with Crippen LogP contribution in [-0.4, -0.2) is 297 Å². The summed E-state index contributed by atoms with van der Waals surface area (Å²) in [7, 11) is 0. The zero-order valence-corrected chi connectivity index (χ0v) is 74.9. The molecule has 3 rings (SSSR count). The number of unbranched alkanes of at least 4 members (excludes halogenated alkanes) is 2. The number of amides is 16. The van der Waals surface area contributed by atoms with Crippen molar-refractivity contribution in [1.29, 1.82) is 10.8 Å². The second kappa shape index (κ2) is 58.0. The number of carboxylic acids is 3. The summed E-state index contributed by atoms with van der Waals surface area (Å²) in [5.74, 6) is -21.6. The molecule has 0 bridgehead atoms. The van der Waals surface area contributed by atoms with Crippen LogP contribution in [0.5, 0.6) is 0 Å². The number of carbonyl (C=O) groups is 19. The first-order valence-corrected chi connectivity index (χ1v) is 44.2. The lowest BCUT2D eigenvalue weighted by Gasteiger charge is -2.32. The average molecular weight is 1830 g/mol. The Morgan fingerprint density at radius 1 is 0.364 bits per heavy atom. The molecule has 0 aliphatic carbocycles. The van der Waals surface area contributed by atoms with Crippen LogP contribution in [0.4, 0.5) is 0 Å². The lowest BCUT2D eigenvalue weighted by Crippen LogP contribution is -2.62. The highest BCUT2D eigenvalue weighted by Gasteiger charge is 2.46. The quantitative estimate of drug-likeness (QED) is 0.0153. The Kier molecular flexibility index (Phi) is 50.1. The van der Waals surface area contributed by atoms with Crippen LogP contribution in [0, 0.1) is 28.6 Å². The predicted octanol–water partition coefficient (Wildman–Crippen LogP) is -6.81. The molecule has 16 atom stereocenters. The summed E-state index contributed by atoms with van der Waals surface area (Å²) >= 11 is 0. The minimum Gasteiger partial charge on any atom is -0.481 e. The van der Waals surface area contributed by atoms with E-state index in [1.54, 1.807) is 46.4 Å². The fourth-order valence-corrected chi connectivity index (χ4v) is 14.9. The van der Waals surface area contributed by atoms with Gasteiger partial charge in [0.25, 0.3) is 0 Å². The molecule has 48 nitrogen and oxygen atoms in total. The lowest BCUT2D eigenvalue weighted by molar-refractivity contribution is -0.147. The van der Waals surface area contributed by atoms with Gasteiger partial charge >= 0.3 is 17.9 Å². The number of rotatable bonds is 62. The number of likely N-dealkylation sites (tertiary alicyclic amines) is 2. The molecule has 129 heavy (non-hydrogen) atoms. The maximum Gasteiger partial charge on any atom is 0.326 e. The second-order valence-electron chi connectivity index (χ2n) is 34.1. The zero-order chi connectivity index (χ0) is 96.9. The molecule has 0 saturated carbocycles. The molecule has 0 spiro atoms. The van der Waals surface area contributed by atoms with Gasteiger partial charge < -0.3 is 144 Å². The van der Waals surface area contributed by atoms with Crippen LogP contribution in [0.25, 0.3) is 0 Å². The van der Waals surface area contributed by atoms with E-state index in [9.17, 15) is 112 Å². The number of aliphatic hydroxyl groups is 1. The van der Waals surface area contributed by atoms with Gasteiger partial charge in [0.15, 0.2) is 11.9 Å². The van der Waals surface area contributed by atoms with Crippen molar-refractivity contribution in [2.45, 2.75) is 319 Å². The van der Waals surface area contributed by atoms with E-state index in [0.29, 0.717) is 51.6 Å². The Bertz CT molecular complexity index is 3830. The van der Waals surface area contributed by atoms with Crippen molar-refractivity contribution >= 4 is 124 Å². The van der Waals surface area contributed by atoms with E-state index in [1.165, 1.54) is 4.90 Å². The molecule has 3 aliphatic heterocycles. The molecular weight excluding hydrogens is 1690 g/mol. The lowest BCUT2D eigenvalue weighted by atomic mass is 10.00. The van der Waals surface area contributed by atoms with Crippen LogP contribution in [-0.2, 0) is 91.1 Å². The minimum atomic E-state index is -1.97. The van der Waals surface area contributed by atoms with Crippen LogP contribution in [0.3, 0.4) is 0 Å². The molecule has 3 fully saturated rings. The summed E-state index contributed by atoms with van der Waals surface area (Å²) in [6, 6.07) is -22.2. The number of nitrogens with two attached hydrogens (primary N) is 6. The number of aliphatic hydroxyl groups excluding tert-OH is 1. The number of nitrogens with one attached hydrogen (secondary N) is 17. The largest absolute Gasteiger partial charge is 0.481 e. The molecule has 3 saturated heterocycles. The van der Waals surface area contributed by atoms with E-state index in [0.717, 1.165) is 13.3 Å². The summed E-state index contributed by atoms with van der Waals surface area (Å²) < 4.78 is 0. The molecule has 3 aliphatic rings. The zero-order valence-electron chi connectivity index (χ0n) is 74.9. The topological polar surface area (TPSA) is 796 Å². The van der Waals surface area contributed by atoms with Crippen molar-refractivity contribution in [3.63, 3.8) is 0 Å². The minimum absolute atomic E-state index is 0.0235. The van der Waals surface area contributed by atoms with Gasteiger partial charge in [0.05, 0.1) is 12.1 Å². The normalized spacial score (nSPS) is 17.8. The Morgan fingerprint density at radius 2 is 0.674 bits per heavy atom. The third-order valence-electron chi connectivity index (χ3n) is 21.7. The standard InChI is InChI=1S/C81H141N25O23/c1-42(2)39-55(73(122)98-50(24-28-60(84)108)68(117)97-53(27-31-63(112)113)71(120)103-57(79(128)129)41-44(5)6)101-67(116)48(19-12-35-91-80(86)87)95-70(119)52(26-30-62(110)111)99-74(123)56(40-43(3)4)102-76(125)64(45(7)107)104-72(121)49(20-13-36-92-81(88)89)96-66(115)46(17-8-10-32-82)93-65(114)47(18-9-11-33-83)94-69(118)51(25-29-61(85)109)100-75(124)58-22-15-37-105(58)78(127)59-23-16-38-106(59)77(126)54-21-14-34-90-54/h42-59,64,90,107H,8-41,82-83H2,1-7H3,(H2,84,108)(H2,85,109)(H,93,114)(H,94,118)(H,95,119)(H,96,115)(H,97,117)(H,98,122)(H,99,123)(H,100,124)(H,101,116)(H,102,125)(H,103,120)(H,104,121)(H,110,111)(H,112,113)(H,128,129)(H4,86,87,91)(H4,88,89,92)/t45-,46+,47+,48+,49+,50+,51+,52+,53+,54+,55+,56+,57+,58+,59+,64+/m1/s1. The Morgan fingerprint density at radius 3 is 1.01 bits per heavy atom. The smallest absolute Gasteiger partial charge is 0.326 e. The van der Waals surface area contributed by atoms with Gasteiger partial charge in [0.2, 0.25) is 94.5 Å². The van der Waals surface area contributed by atoms with Gasteiger partial charge in [-0.25, -0.2) is 4.79 Å². The van der Waals surface area contributed by atoms with Gasteiger partial charge in [-0.3, -0.25) is 97.1 Å². The summed E-state index contributed by atoms with van der Waals surface area (Å²) in [6.45, 7) is 12.3. The van der Waals surface area contributed by atoms with Crippen LogP contribution in [0.15, 0.2) is 0 Å². The molecule has 728 valence electrons. The van der Waals surface area contributed by atoms with Gasteiger partial charge in [0.1, 0.15) is 84.6 Å². The fourth-order valence-electron chi connectivity index (χ4n) is 14.9. The monoisotopic (exact) mass is 1830 g/mol. The highest BCUT2D eigenvalue weighted by molar-refractivity contribution is 6.01. The number of carboxylic acid groups (broad SMARTS) is 3. The second-order valence-corrected chi connectivity index (χ2v) is 34.1. The first-order valence-electron chi connectivity index (χ1n) is 44.2. The first-order chi connectivity index (χ1) is 60.8. The molecule has 3 heterocycles. The van der Waals surface area contributed by atoms with Crippen molar-refractivity contribution in [2.75, 3.05) is 45.8 Å². The first kappa shape index (κ1) is 111. The third kappa shape index (κ3) is 41.5. The number of hydrogen-bond donors (Lipinski definition) is 27. The van der Waals surface area contributed by atoms with Crippen LogP contribution < -0.4 is 114 Å². The van der Waals surface area contributed by atoms with Gasteiger partial charge in [0, 0.05) is 51.9 Å². The van der Waals surface area contributed by atoms with Crippen LogP contribution in [0.2, 0.25) is 0 Å². The molecule has 48 heteroatoms. The molecular formula is C81H141N25O23. The van der Waals surface area contributed by atoms with E-state index in [4.69, 9.17) is 45.2 Å². The van der Waals surface area contributed by atoms with Gasteiger partial charge in [-0.15, -0.1) is 0 Å². The maximum atomic E-state index is 14.8. The molecule has 0 aromatic rings. The molecule has 16 amide bonds. The Labute approximate surface area is 749 Å². The predicted molar refractivity (Wildman–Crippen MR) is 466 cm³/mol.